The van der Waals surface area contributed by atoms with Crippen LogP contribution in [0.25, 0.3) is 11.3 Å². The molecule has 2 N–H and O–H groups in total. The van der Waals surface area contributed by atoms with E-state index < -0.39 is 17.8 Å². The largest absolute Gasteiger partial charge is 0.377 e. The number of H-pyrrole nitrogens is 1. The summed E-state index contributed by atoms with van der Waals surface area (Å²) in [4.78, 5) is 39.9. The van der Waals surface area contributed by atoms with Crippen LogP contribution in [0.4, 0.5) is 4.39 Å². The molecule has 1 amide bonds. The van der Waals surface area contributed by atoms with Crippen molar-refractivity contribution in [1.29, 1.82) is 0 Å². The van der Waals surface area contributed by atoms with Crippen LogP contribution in [0.5, 0.6) is 0 Å². The number of aromatic nitrogens is 3. The van der Waals surface area contributed by atoms with Crippen LogP contribution in [0.2, 0.25) is 0 Å². The first-order valence-electron chi connectivity index (χ1n) is 12.3. The molecule has 3 heterocycles. The molecule has 0 radical (unpaired) electrons. The number of nitrogens with one attached hydrogen (secondary N) is 1. The highest BCUT2D eigenvalue weighted by molar-refractivity contribution is 5.82. The number of rotatable bonds is 5. The third-order valence-electron chi connectivity index (χ3n) is 7.32. The summed E-state index contributed by atoms with van der Waals surface area (Å²) in [5, 5.41) is 10.8. The lowest BCUT2D eigenvalue weighted by molar-refractivity contribution is -0.141. The fourth-order valence-corrected chi connectivity index (χ4v) is 5.10. The van der Waals surface area contributed by atoms with E-state index in [1.165, 1.54) is 17.0 Å². The Morgan fingerprint density at radius 1 is 1.03 bits per heavy atom. The molecule has 0 saturated heterocycles. The van der Waals surface area contributed by atoms with Crippen molar-refractivity contribution in [3.63, 3.8) is 0 Å². The summed E-state index contributed by atoms with van der Waals surface area (Å²) in [6.07, 6.45) is 0.773. The molecule has 1 unspecified atom stereocenters. The monoisotopic (exact) mass is 496 g/mol. The van der Waals surface area contributed by atoms with Crippen LogP contribution in [0, 0.1) is 5.82 Å². The van der Waals surface area contributed by atoms with Crippen molar-refractivity contribution < 1.29 is 14.3 Å². The van der Waals surface area contributed by atoms with E-state index in [2.05, 4.69) is 22.1 Å². The fraction of sp³-hybridized carbons (Fsp3) is 0.241. The van der Waals surface area contributed by atoms with Crippen LogP contribution < -0.4 is 5.56 Å². The molecule has 37 heavy (non-hydrogen) atoms. The number of pyridine rings is 1. The van der Waals surface area contributed by atoms with E-state index in [1.807, 2.05) is 18.2 Å². The van der Waals surface area contributed by atoms with E-state index in [9.17, 15) is 19.1 Å². The van der Waals surface area contributed by atoms with Crippen molar-refractivity contribution in [2.45, 2.75) is 37.3 Å². The van der Waals surface area contributed by atoms with Gasteiger partial charge in [0.15, 0.2) is 6.10 Å². The highest BCUT2D eigenvalue weighted by Crippen LogP contribution is 2.51. The number of fused-ring (bicyclic) bond motifs is 1. The normalized spacial score (nSPS) is 16.6. The van der Waals surface area contributed by atoms with Crippen molar-refractivity contribution in [3.05, 3.63) is 117 Å². The molecule has 1 saturated carbocycles. The van der Waals surface area contributed by atoms with Crippen LogP contribution >= 0.6 is 0 Å². The molecule has 1 aliphatic heterocycles. The van der Waals surface area contributed by atoms with E-state index >= 15 is 0 Å². The molecule has 4 aromatic rings. The van der Waals surface area contributed by atoms with E-state index in [4.69, 9.17) is 4.98 Å². The maximum Gasteiger partial charge on any atom is 0.257 e. The first kappa shape index (κ1) is 23.2. The van der Waals surface area contributed by atoms with Gasteiger partial charge in [-0.15, -0.1) is 0 Å². The molecular weight excluding hydrogens is 471 g/mol. The average molecular weight is 497 g/mol. The summed E-state index contributed by atoms with van der Waals surface area (Å²) in [7, 11) is 0. The van der Waals surface area contributed by atoms with Crippen molar-refractivity contribution in [1.82, 2.24) is 19.9 Å². The number of benzene rings is 2. The first-order valence-corrected chi connectivity index (χ1v) is 12.3. The minimum absolute atomic E-state index is 0.0652. The molecule has 6 rings (SSSR count). The molecule has 1 atom stereocenters. The van der Waals surface area contributed by atoms with Gasteiger partial charge in [-0.2, -0.15) is 0 Å². The number of carbonyl (C=O) groups excluding carboxylic acids is 1. The summed E-state index contributed by atoms with van der Waals surface area (Å²) in [5.74, 6) is -0.256. The number of aromatic amines is 1. The molecule has 0 bridgehead atoms. The zero-order valence-corrected chi connectivity index (χ0v) is 20.0. The molecule has 0 spiro atoms. The Bertz CT molecular complexity index is 1550. The lowest BCUT2D eigenvalue weighted by Crippen LogP contribution is -2.42. The van der Waals surface area contributed by atoms with Gasteiger partial charge in [0, 0.05) is 18.5 Å². The average Bonchev–Trinajstić information content (AvgIpc) is 3.75. The topological polar surface area (TPSA) is 99.2 Å². The predicted molar refractivity (Wildman–Crippen MR) is 135 cm³/mol. The second-order valence-corrected chi connectivity index (χ2v) is 9.66. The van der Waals surface area contributed by atoms with Gasteiger partial charge < -0.3 is 15.0 Å². The second-order valence-electron chi connectivity index (χ2n) is 9.66. The Balaban J connectivity index is 1.23. The fourth-order valence-electron chi connectivity index (χ4n) is 5.10. The standard InChI is InChI=1S/C29H25FN4O3/c30-20-9-4-6-18(16-20)22-10-5-11-24(31-22)25(35)27(37)34-15-12-23-21(17-34)26(36)33-28(32-23)29(13-14-29)19-7-2-1-3-8-19/h1-11,16,25,35H,12-15,17H2,(H,32,33,36). The summed E-state index contributed by atoms with van der Waals surface area (Å²) >= 11 is 0. The van der Waals surface area contributed by atoms with Gasteiger partial charge in [-0.3, -0.25) is 9.59 Å². The number of nitrogens with zero attached hydrogens (tertiary/aromatic N) is 3. The zero-order chi connectivity index (χ0) is 25.6. The van der Waals surface area contributed by atoms with E-state index in [1.54, 1.807) is 30.3 Å². The summed E-state index contributed by atoms with van der Waals surface area (Å²) in [6.45, 7) is 0.399. The maximum atomic E-state index is 13.6. The zero-order valence-electron chi connectivity index (χ0n) is 20.0. The molecule has 8 heteroatoms. The van der Waals surface area contributed by atoms with Crippen LogP contribution in [0.15, 0.2) is 77.6 Å². The summed E-state index contributed by atoms with van der Waals surface area (Å²) in [6, 6.07) is 21.0. The molecule has 1 aliphatic carbocycles. The van der Waals surface area contributed by atoms with E-state index in [0.717, 1.165) is 18.4 Å². The third-order valence-corrected chi connectivity index (χ3v) is 7.32. The Kier molecular flexibility index (Phi) is 5.68. The van der Waals surface area contributed by atoms with E-state index in [0.29, 0.717) is 41.3 Å². The number of halogens is 1. The van der Waals surface area contributed by atoms with Gasteiger partial charge in [0.05, 0.1) is 34.6 Å². The highest BCUT2D eigenvalue weighted by atomic mass is 19.1. The Labute approximate surface area is 212 Å². The van der Waals surface area contributed by atoms with Crippen LogP contribution in [-0.4, -0.2) is 37.4 Å². The number of aliphatic hydroxyl groups is 1. The summed E-state index contributed by atoms with van der Waals surface area (Å²) in [5.41, 5.74) is 2.95. The van der Waals surface area contributed by atoms with Gasteiger partial charge in [0.2, 0.25) is 0 Å². The first-order chi connectivity index (χ1) is 17.9. The van der Waals surface area contributed by atoms with Crippen LogP contribution in [0.3, 0.4) is 0 Å². The molecule has 2 aliphatic rings. The van der Waals surface area contributed by atoms with Gasteiger partial charge >= 0.3 is 0 Å². The number of hydrogen-bond donors (Lipinski definition) is 2. The molecule has 2 aromatic carbocycles. The Hall–Kier alpha value is -4.17. The molecule has 186 valence electrons. The lowest BCUT2D eigenvalue weighted by atomic mass is 9.94. The van der Waals surface area contributed by atoms with Gasteiger partial charge in [0.25, 0.3) is 11.5 Å². The second kappa shape index (κ2) is 9.05. The quantitative estimate of drug-likeness (QED) is 0.439. The molecule has 1 fully saturated rings. The number of aliphatic hydroxyl groups excluding tert-OH is 1. The van der Waals surface area contributed by atoms with Gasteiger partial charge in [-0.05, 0) is 42.7 Å². The van der Waals surface area contributed by atoms with Crippen molar-refractivity contribution in [3.8, 4) is 11.3 Å². The van der Waals surface area contributed by atoms with Crippen molar-refractivity contribution in [2.75, 3.05) is 6.54 Å². The Morgan fingerprint density at radius 2 is 1.81 bits per heavy atom. The number of hydrogen-bond acceptors (Lipinski definition) is 5. The minimum atomic E-state index is -1.51. The van der Waals surface area contributed by atoms with E-state index in [-0.39, 0.29) is 23.2 Å². The lowest BCUT2D eigenvalue weighted by Gasteiger charge is -2.30. The Morgan fingerprint density at radius 3 is 2.57 bits per heavy atom. The number of amides is 1. The SMILES string of the molecule is O=C(C(O)c1cccc(-c2cccc(F)c2)n1)N1CCc2nc(C3(c4ccccc4)CC3)[nH]c(=O)c2C1. The molecule has 7 nitrogen and oxygen atoms in total. The van der Waals surface area contributed by atoms with Gasteiger partial charge in [-0.1, -0.05) is 48.5 Å². The van der Waals surface area contributed by atoms with Gasteiger partial charge in [0.1, 0.15) is 11.6 Å². The number of carbonyl (C=O) groups is 1. The summed E-state index contributed by atoms with van der Waals surface area (Å²) < 4.78 is 13.6. The predicted octanol–water partition coefficient (Wildman–Crippen LogP) is 3.67. The van der Waals surface area contributed by atoms with Crippen LogP contribution in [-0.2, 0) is 23.2 Å². The van der Waals surface area contributed by atoms with Crippen LogP contribution in [0.1, 0.15) is 47.3 Å². The highest BCUT2D eigenvalue weighted by Gasteiger charge is 2.48. The minimum Gasteiger partial charge on any atom is -0.377 e. The smallest absolute Gasteiger partial charge is 0.257 e. The van der Waals surface area contributed by atoms with Crippen molar-refractivity contribution >= 4 is 5.91 Å². The molecule has 2 aromatic heterocycles. The molecular formula is C29H25FN4O3. The maximum absolute atomic E-state index is 13.6. The van der Waals surface area contributed by atoms with Crippen molar-refractivity contribution in [2.24, 2.45) is 0 Å². The van der Waals surface area contributed by atoms with Gasteiger partial charge in [-0.25, -0.2) is 14.4 Å². The third kappa shape index (κ3) is 4.23.